The van der Waals surface area contributed by atoms with Crippen LogP contribution in [0.4, 0.5) is 5.69 Å². The maximum absolute atomic E-state index is 13.5. The van der Waals surface area contributed by atoms with E-state index in [0.717, 1.165) is 88.2 Å². The van der Waals surface area contributed by atoms with Crippen LogP contribution in [-0.4, -0.2) is 71.5 Å². The van der Waals surface area contributed by atoms with Gasteiger partial charge in [0.1, 0.15) is 5.75 Å². The normalized spacial score (nSPS) is 32.8. The maximum atomic E-state index is 13.5. The number of halogens is 1. The molecule has 0 radical (unpaired) electrons. The van der Waals surface area contributed by atoms with Crippen LogP contribution in [0.25, 0.3) is 0 Å². The quantitative estimate of drug-likeness (QED) is 0.245. The van der Waals surface area contributed by atoms with Gasteiger partial charge in [0.25, 0.3) is 5.91 Å². The molecule has 2 aromatic rings. The number of rotatable bonds is 6. The molecular formula is C40H53ClN2O7S. The van der Waals surface area contributed by atoms with Crippen molar-refractivity contribution in [1.82, 2.24) is 4.72 Å². The van der Waals surface area contributed by atoms with Crippen LogP contribution in [0.1, 0.15) is 93.1 Å². The molecule has 0 aromatic heterocycles. The lowest BCUT2D eigenvalue weighted by molar-refractivity contribution is -0.164. The summed E-state index contributed by atoms with van der Waals surface area (Å²) in [5.41, 5.74) is 3.42. The number of hydrogen-bond donors (Lipinski definition) is 1. The Kier molecular flexibility index (Phi) is 11.4. The molecule has 1 amide bonds. The first-order valence-corrected chi connectivity index (χ1v) is 20.9. The van der Waals surface area contributed by atoms with Crippen molar-refractivity contribution in [2.45, 2.75) is 101 Å². The topological polar surface area (TPSA) is 103 Å². The van der Waals surface area contributed by atoms with E-state index in [1.54, 1.807) is 13.0 Å². The molecule has 1 saturated heterocycles. The largest absolute Gasteiger partial charge is 0.490 e. The summed E-state index contributed by atoms with van der Waals surface area (Å²) in [4.78, 5) is 15.9. The first kappa shape index (κ1) is 36.7. The zero-order chi connectivity index (χ0) is 35.6. The van der Waals surface area contributed by atoms with Crippen LogP contribution in [0.5, 0.6) is 5.75 Å². The van der Waals surface area contributed by atoms with Crippen LogP contribution in [0.15, 0.2) is 48.6 Å². The molecule has 3 aliphatic heterocycles. The summed E-state index contributed by atoms with van der Waals surface area (Å²) in [6, 6.07) is 11.6. The van der Waals surface area contributed by atoms with E-state index in [-0.39, 0.29) is 23.7 Å². The predicted octanol–water partition coefficient (Wildman–Crippen LogP) is 7.20. The Morgan fingerprint density at radius 2 is 1.90 bits per heavy atom. The minimum atomic E-state index is -3.93. The van der Waals surface area contributed by atoms with Crippen LogP contribution < -0.4 is 14.4 Å². The molecule has 11 heteroatoms. The van der Waals surface area contributed by atoms with E-state index in [4.69, 9.17) is 30.5 Å². The lowest BCUT2D eigenvalue weighted by Gasteiger charge is -2.46. The number of aryl methyl sites for hydroxylation is 1. The molecule has 1 spiro atoms. The smallest absolute Gasteiger partial charge is 0.264 e. The van der Waals surface area contributed by atoms with E-state index in [9.17, 15) is 13.2 Å². The highest BCUT2D eigenvalue weighted by molar-refractivity contribution is 7.90. The number of sulfonamides is 1. The lowest BCUT2D eigenvalue weighted by atomic mass is 9.68. The van der Waals surface area contributed by atoms with Gasteiger partial charge in [-0.25, -0.2) is 13.1 Å². The number of nitrogens with one attached hydrogen (secondary N) is 1. The Morgan fingerprint density at radius 1 is 1.04 bits per heavy atom. The van der Waals surface area contributed by atoms with Crippen molar-refractivity contribution >= 4 is 33.2 Å². The molecule has 2 bridgehead atoms. The minimum absolute atomic E-state index is 0.0954. The van der Waals surface area contributed by atoms with Crippen LogP contribution in [0, 0.1) is 17.8 Å². The molecule has 2 fully saturated rings. The van der Waals surface area contributed by atoms with Crippen LogP contribution in [0.3, 0.4) is 0 Å². The Morgan fingerprint density at radius 3 is 2.71 bits per heavy atom. The Hall–Kier alpha value is -2.63. The first-order valence-electron chi connectivity index (χ1n) is 19.0. The Labute approximate surface area is 308 Å². The van der Waals surface area contributed by atoms with Crippen molar-refractivity contribution in [3.8, 4) is 5.75 Å². The summed E-state index contributed by atoms with van der Waals surface area (Å²) >= 11 is 6.47. The highest BCUT2D eigenvalue weighted by atomic mass is 35.5. The fraction of sp³-hybridized carbons (Fsp3) is 0.625. The molecule has 7 rings (SSSR count). The van der Waals surface area contributed by atoms with Gasteiger partial charge in [0.05, 0.1) is 30.3 Å². The van der Waals surface area contributed by atoms with Gasteiger partial charge in [0, 0.05) is 42.3 Å². The van der Waals surface area contributed by atoms with Gasteiger partial charge in [-0.15, -0.1) is 0 Å². The lowest BCUT2D eigenvalue weighted by Crippen LogP contribution is -2.49. The van der Waals surface area contributed by atoms with Gasteiger partial charge in [-0.1, -0.05) is 36.7 Å². The van der Waals surface area contributed by atoms with Crippen molar-refractivity contribution in [2.75, 3.05) is 44.4 Å². The summed E-state index contributed by atoms with van der Waals surface area (Å²) in [6.07, 6.45) is 13.7. The number of benzene rings is 2. The number of hydrogen-bond acceptors (Lipinski definition) is 8. The second kappa shape index (κ2) is 15.8. The highest BCUT2D eigenvalue weighted by Crippen LogP contribution is 2.47. The summed E-state index contributed by atoms with van der Waals surface area (Å²) in [6.45, 7) is 7.52. The summed E-state index contributed by atoms with van der Waals surface area (Å²) in [5, 5.41) is -0.0254. The SMILES string of the molecule is C[C@@H]1[C@@H](C)C/C=C\[C@H](OCCCO[C@@H]2CCCCO2)[C@@H]2CC[C@H]2CN2C[C@@]3(CCCc4cc(Cl)ccc43)COc3ccc(cc32)C(=O)NS1(=O)=O. The van der Waals surface area contributed by atoms with Gasteiger partial charge in [-0.3, -0.25) is 4.79 Å². The zero-order valence-electron chi connectivity index (χ0n) is 30.0. The number of carbonyl (C=O) groups is 1. The molecule has 5 aliphatic rings. The van der Waals surface area contributed by atoms with Gasteiger partial charge >= 0.3 is 0 Å². The molecule has 2 aromatic carbocycles. The van der Waals surface area contributed by atoms with E-state index in [1.807, 2.05) is 25.1 Å². The molecule has 2 aliphatic carbocycles. The molecular weight excluding hydrogens is 688 g/mol. The van der Waals surface area contributed by atoms with E-state index >= 15 is 0 Å². The van der Waals surface area contributed by atoms with Gasteiger partial charge in [-0.2, -0.15) is 0 Å². The van der Waals surface area contributed by atoms with Crippen molar-refractivity contribution in [3.63, 3.8) is 0 Å². The first-order chi connectivity index (χ1) is 24.6. The molecule has 7 atom stereocenters. The van der Waals surface area contributed by atoms with Gasteiger partial charge < -0.3 is 23.8 Å². The monoisotopic (exact) mass is 740 g/mol. The summed E-state index contributed by atoms with van der Waals surface area (Å²) in [7, 11) is -3.93. The van der Waals surface area contributed by atoms with Crippen LogP contribution in [-0.2, 0) is 36.1 Å². The number of allylic oxidation sites excluding steroid dienone is 1. The second-order valence-electron chi connectivity index (χ2n) is 15.5. The van der Waals surface area contributed by atoms with Crippen LogP contribution >= 0.6 is 11.6 Å². The number of ether oxygens (including phenoxy) is 4. The molecule has 1 N–H and O–H groups in total. The number of nitrogens with zero attached hydrogens (tertiary/aromatic N) is 1. The predicted molar refractivity (Wildman–Crippen MR) is 199 cm³/mol. The number of anilines is 1. The van der Waals surface area contributed by atoms with Crippen molar-refractivity contribution in [1.29, 1.82) is 0 Å². The summed E-state index contributed by atoms with van der Waals surface area (Å²) in [5.74, 6) is 0.554. The fourth-order valence-electron chi connectivity index (χ4n) is 8.66. The average Bonchev–Trinajstić information content (AvgIpc) is 3.25. The molecule has 51 heavy (non-hydrogen) atoms. The van der Waals surface area contributed by atoms with E-state index in [0.29, 0.717) is 49.4 Å². The Balaban J connectivity index is 1.18. The molecule has 3 heterocycles. The van der Waals surface area contributed by atoms with E-state index in [1.165, 1.54) is 11.1 Å². The third-order valence-electron chi connectivity index (χ3n) is 12.1. The molecule has 1 saturated carbocycles. The maximum Gasteiger partial charge on any atom is 0.264 e. The number of fused-ring (bicyclic) bond motifs is 4. The van der Waals surface area contributed by atoms with Crippen LogP contribution in [0.2, 0.25) is 5.02 Å². The van der Waals surface area contributed by atoms with E-state index in [2.05, 4.69) is 33.9 Å². The summed E-state index contributed by atoms with van der Waals surface area (Å²) < 4.78 is 54.3. The van der Waals surface area contributed by atoms with Gasteiger partial charge in [0.2, 0.25) is 10.0 Å². The van der Waals surface area contributed by atoms with E-state index < -0.39 is 21.2 Å². The van der Waals surface area contributed by atoms with Gasteiger partial charge in [-0.05, 0) is 130 Å². The third-order valence-corrected chi connectivity index (χ3v) is 14.2. The molecule has 0 unspecified atom stereocenters. The number of amides is 1. The number of carbonyl (C=O) groups excluding carboxylic acids is 1. The van der Waals surface area contributed by atoms with Gasteiger partial charge in [0.15, 0.2) is 6.29 Å². The highest BCUT2D eigenvalue weighted by Gasteiger charge is 2.44. The standard InChI is InChI=1S/C40H53ClN2O7S/c1-27-8-5-10-36(47-20-7-21-49-38-11-3-4-19-48-38)33-15-12-31(33)24-43-25-40(18-6-9-29-22-32(41)14-16-34(29)40)26-50-37-17-13-30(23-35(37)43)39(44)42-51(45,46)28(27)2/h5,10,13-14,16-17,22-23,27-28,31,33,36,38H,3-4,6-9,11-12,15,18-21,24-26H2,1-2H3,(H,42,44)/b10-5-/t27-,28+,31-,33+,36-,38+,40-/m0/s1. The third kappa shape index (κ3) is 8.15. The Bertz CT molecular complexity index is 1700. The second-order valence-corrected chi connectivity index (χ2v) is 17.9. The van der Waals surface area contributed by atoms with Crippen molar-refractivity contribution < 1.29 is 32.2 Å². The molecule has 9 nitrogen and oxygen atoms in total. The zero-order valence-corrected chi connectivity index (χ0v) is 31.6. The van der Waals surface area contributed by atoms with Crippen molar-refractivity contribution in [3.05, 3.63) is 70.3 Å². The molecule has 278 valence electrons. The minimum Gasteiger partial charge on any atom is -0.490 e. The average molecular weight is 741 g/mol. The van der Waals surface area contributed by atoms with Crippen molar-refractivity contribution in [2.24, 2.45) is 17.8 Å². The fourth-order valence-corrected chi connectivity index (χ4v) is 10.1.